The van der Waals surface area contributed by atoms with Gasteiger partial charge in [-0.25, -0.2) is 4.68 Å². The van der Waals surface area contributed by atoms with E-state index in [1.54, 1.807) is 0 Å². The van der Waals surface area contributed by atoms with Crippen molar-refractivity contribution in [3.63, 3.8) is 0 Å². The van der Waals surface area contributed by atoms with E-state index in [-0.39, 0.29) is 30.5 Å². The molecule has 2 unspecified atom stereocenters. The average Bonchev–Trinajstić information content (AvgIpc) is 3.37. The van der Waals surface area contributed by atoms with Gasteiger partial charge in [-0.2, -0.15) is 0 Å². The maximum Gasteiger partial charge on any atom is 0.274 e. The zero-order valence-electron chi connectivity index (χ0n) is 16.1. The van der Waals surface area contributed by atoms with Crippen molar-refractivity contribution in [1.29, 1.82) is 0 Å². The number of carbonyl (C=O) groups excluding carboxylic acids is 1. The Bertz CT molecular complexity index is 770. The number of hydrogen-bond acceptors (Lipinski definition) is 5. The molecule has 1 aromatic heterocycles. The first-order valence-corrected chi connectivity index (χ1v) is 9.84. The van der Waals surface area contributed by atoms with Crippen LogP contribution in [0.4, 0.5) is 0 Å². The summed E-state index contributed by atoms with van der Waals surface area (Å²) < 4.78 is 7.79. The van der Waals surface area contributed by atoms with Gasteiger partial charge in [0.15, 0.2) is 5.69 Å². The van der Waals surface area contributed by atoms with Crippen LogP contribution in [-0.2, 0) is 4.74 Å². The molecule has 1 amide bonds. The van der Waals surface area contributed by atoms with Crippen LogP contribution in [0.25, 0.3) is 0 Å². The fourth-order valence-electron chi connectivity index (χ4n) is 4.08. The minimum absolute atomic E-state index is 0. The van der Waals surface area contributed by atoms with Crippen molar-refractivity contribution in [2.24, 2.45) is 0 Å². The number of amides is 1. The topological polar surface area (TPSA) is 81.1 Å². The highest BCUT2D eigenvalue weighted by atomic mass is 35.5. The van der Waals surface area contributed by atoms with Crippen molar-refractivity contribution in [2.75, 3.05) is 19.7 Å². The number of rotatable bonds is 5. The summed E-state index contributed by atoms with van der Waals surface area (Å²) in [7, 11) is 0. The minimum atomic E-state index is -0.183. The van der Waals surface area contributed by atoms with Gasteiger partial charge in [0.2, 0.25) is 0 Å². The molecule has 0 spiro atoms. The van der Waals surface area contributed by atoms with Gasteiger partial charge in [0.25, 0.3) is 5.91 Å². The smallest absolute Gasteiger partial charge is 0.274 e. The Morgan fingerprint density at radius 2 is 2.00 bits per heavy atom. The van der Waals surface area contributed by atoms with E-state index in [9.17, 15) is 4.79 Å². The van der Waals surface area contributed by atoms with E-state index < -0.39 is 0 Å². The first-order valence-electron chi connectivity index (χ1n) is 9.84. The van der Waals surface area contributed by atoms with Gasteiger partial charge in [-0.05, 0) is 51.3 Å². The zero-order chi connectivity index (χ0) is 18.6. The van der Waals surface area contributed by atoms with E-state index in [2.05, 4.69) is 20.9 Å². The maximum atomic E-state index is 13.0. The molecule has 4 rings (SSSR count). The SMILES string of the molecule is Cc1c(C(=O)NC(c2ccccc2)C2CCCO2)nnn1C1CCNCC1.Cl. The van der Waals surface area contributed by atoms with Gasteiger partial charge in [0.05, 0.1) is 23.9 Å². The lowest BCUT2D eigenvalue weighted by Crippen LogP contribution is -2.36. The summed E-state index contributed by atoms with van der Waals surface area (Å²) in [6.07, 6.45) is 3.98. The number of ether oxygens (including phenoxy) is 1. The molecule has 1 aromatic carbocycles. The van der Waals surface area contributed by atoms with E-state index in [4.69, 9.17) is 4.74 Å². The maximum absolute atomic E-state index is 13.0. The second-order valence-corrected chi connectivity index (χ2v) is 7.36. The van der Waals surface area contributed by atoms with Crippen LogP contribution in [0.5, 0.6) is 0 Å². The minimum Gasteiger partial charge on any atom is -0.376 e. The van der Waals surface area contributed by atoms with Crippen LogP contribution >= 0.6 is 12.4 Å². The number of aromatic nitrogens is 3. The van der Waals surface area contributed by atoms with Gasteiger partial charge in [0, 0.05) is 6.61 Å². The highest BCUT2D eigenvalue weighted by Crippen LogP contribution is 2.27. The number of carbonyl (C=O) groups is 1. The second-order valence-electron chi connectivity index (χ2n) is 7.36. The Hall–Kier alpha value is -1.96. The van der Waals surface area contributed by atoms with Crippen molar-refractivity contribution in [3.05, 3.63) is 47.3 Å². The summed E-state index contributed by atoms with van der Waals surface area (Å²) in [6.45, 7) is 4.62. The van der Waals surface area contributed by atoms with Crippen LogP contribution in [0.3, 0.4) is 0 Å². The normalized spacial score (nSPS) is 21.1. The first kappa shape index (κ1) is 20.8. The van der Waals surface area contributed by atoms with E-state index in [1.165, 1.54) is 0 Å². The van der Waals surface area contributed by atoms with Gasteiger partial charge in [0.1, 0.15) is 0 Å². The standard InChI is InChI=1S/C20H27N5O2.ClH/c1-14-18(23-24-25(14)16-9-11-21-12-10-16)20(26)22-19(17-8-5-13-27-17)15-6-3-2-4-7-15;/h2-4,6-7,16-17,19,21H,5,8-13H2,1H3,(H,22,26);1H. The van der Waals surface area contributed by atoms with Crippen LogP contribution < -0.4 is 10.6 Å². The number of benzene rings is 1. The molecule has 28 heavy (non-hydrogen) atoms. The Balaban J connectivity index is 0.00000225. The van der Waals surface area contributed by atoms with Crippen molar-refractivity contribution < 1.29 is 9.53 Å². The van der Waals surface area contributed by atoms with Crippen LogP contribution in [0.1, 0.15) is 59.5 Å². The van der Waals surface area contributed by atoms with Gasteiger partial charge in [-0.1, -0.05) is 35.5 Å². The highest BCUT2D eigenvalue weighted by Gasteiger charge is 2.31. The molecule has 0 bridgehead atoms. The molecule has 0 aliphatic carbocycles. The third-order valence-corrected chi connectivity index (χ3v) is 5.58. The molecule has 2 N–H and O–H groups in total. The predicted octanol–water partition coefficient (Wildman–Crippen LogP) is 2.58. The molecule has 0 radical (unpaired) electrons. The lowest BCUT2D eigenvalue weighted by atomic mass is 9.99. The van der Waals surface area contributed by atoms with Crippen molar-refractivity contribution in [3.8, 4) is 0 Å². The highest BCUT2D eigenvalue weighted by molar-refractivity contribution is 5.93. The molecule has 2 aromatic rings. The fraction of sp³-hybridized carbons (Fsp3) is 0.550. The average molecular weight is 406 g/mol. The Morgan fingerprint density at radius 1 is 1.25 bits per heavy atom. The Morgan fingerprint density at radius 3 is 2.68 bits per heavy atom. The molecule has 3 heterocycles. The molecule has 2 atom stereocenters. The van der Waals surface area contributed by atoms with Crippen molar-refractivity contribution in [1.82, 2.24) is 25.6 Å². The lowest BCUT2D eigenvalue weighted by molar-refractivity contribution is 0.0669. The summed E-state index contributed by atoms with van der Waals surface area (Å²) in [4.78, 5) is 13.0. The monoisotopic (exact) mass is 405 g/mol. The third kappa shape index (κ3) is 4.37. The van der Waals surface area contributed by atoms with Crippen LogP contribution in [-0.4, -0.2) is 46.7 Å². The molecule has 2 aliphatic heterocycles. The number of nitrogens with zero attached hydrogens (tertiary/aromatic N) is 3. The quantitative estimate of drug-likeness (QED) is 0.799. The molecule has 2 aliphatic rings. The summed E-state index contributed by atoms with van der Waals surface area (Å²) >= 11 is 0. The predicted molar refractivity (Wildman–Crippen MR) is 109 cm³/mol. The van der Waals surface area contributed by atoms with E-state index in [0.717, 1.165) is 56.6 Å². The molecular formula is C20H28ClN5O2. The van der Waals surface area contributed by atoms with E-state index in [0.29, 0.717) is 11.7 Å². The molecule has 2 saturated heterocycles. The first-order chi connectivity index (χ1) is 13.2. The van der Waals surface area contributed by atoms with Gasteiger partial charge >= 0.3 is 0 Å². The lowest BCUT2D eigenvalue weighted by Gasteiger charge is -2.25. The van der Waals surface area contributed by atoms with Gasteiger partial charge < -0.3 is 15.4 Å². The van der Waals surface area contributed by atoms with Crippen LogP contribution in [0, 0.1) is 6.92 Å². The summed E-state index contributed by atoms with van der Waals surface area (Å²) in [6, 6.07) is 10.2. The van der Waals surface area contributed by atoms with E-state index >= 15 is 0 Å². The molecular weight excluding hydrogens is 378 g/mol. The van der Waals surface area contributed by atoms with Crippen LogP contribution in [0.2, 0.25) is 0 Å². The Kier molecular flexibility index (Phi) is 7.04. The molecule has 7 nitrogen and oxygen atoms in total. The number of nitrogens with one attached hydrogen (secondary N) is 2. The van der Waals surface area contributed by atoms with Crippen molar-refractivity contribution in [2.45, 2.75) is 50.8 Å². The number of hydrogen-bond donors (Lipinski definition) is 2. The summed E-state index contributed by atoms with van der Waals surface area (Å²) in [5, 5.41) is 15.0. The third-order valence-electron chi connectivity index (χ3n) is 5.58. The molecule has 2 fully saturated rings. The largest absolute Gasteiger partial charge is 0.376 e. The number of piperidine rings is 1. The summed E-state index contributed by atoms with van der Waals surface area (Å²) in [5.41, 5.74) is 2.30. The van der Waals surface area contributed by atoms with Gasteiger partial charge in [-0.15, -0.1) is 17.5 Å². The zero-order valence-corrected chi connectivity index (χ0v) is 17.0. The Labute approximate surface area is 171 Å². The molecule has 8 heteroatoms. The number of halogens is 1. The fourth-order valence-corrected chi connectivity index (χ4v) is 4.08. The van der Waals surface area contributed by atoms with Crippen LogP contribution in [0.15, 0.2) is 30.3 Å². The molecule has 0 saturated carbocycles. The summed E-state index contributed by atoms with van der Waals surface area (Å²) in [5.74, 6) is -0.183. The second kappa shape index (κ2) is 9.49. The van der Waals surface area contributed by atoms with E-state index in [1.807, 2.05) is 41.9 Å². The van der Waals surface area contributed by atoms with Gasteiger partial charge in [-0.3, -0.25) is 4.79 Å². The molecule has 152 valence electrons. The van der Waals surface area contributed by atoms with Crippen molar-refractivity contribution >= 4 is 18.3 Å².